The van der Waals surface area contributed by atoms with Gasteiger partial charge in [0.15, 0.2) is 0 Å². The summed E-state index contributed by atoms with van der Waals surface area (Å²) in [7, 11) is 1.59. The minimum atomic E-state index is -0.0139. The molecule has 1 amide bonds. The molecule has 0 bridgehead atoms. The predicted molar refractivity (Wildman–Crippen MR) is 43.0 cm³/mol. The highest BCUT2D eigenvalue weighted by atomic mass is 16.5. The fourth-order valence-corrected chi connectivity index (χ4v) is 0.567. The van der Waals surface area contributed by atoms with E-state index < -0.39 is 0 Å². The van der Waals surface area contributed by atoms with Crippen molar-refractivity contribution in [3.63, 3.8) is 0 Å². The summed E-state index contributed by atoms with van der Waals surface area (Å²) in [6.45, 7) is 1.10. The van der Waals surface area contributed by atoms with Crippen molar-refractivity contribution in [3.8, 4) is 12.3 Å². The first-order chi connectivity index (χ1) is 5.31. The third-order valence-corrected chi connectivity index (χ3v) is 1.12. The first-order valence-corrected chi connectivity index (χ1v) is 3.50. The van der Waals surface area contributed by atoms with Gasteiger partial charge in [-0.3, -0.25) is 4.79 Å². The number of nitrogens with one attached hydrogen (secondary N) is 1. The third kappa shape index (κ3) is 6.88. The summed E-state index contributed by atoms with van der Waals surface area (Å²) in [6.07, 6.45) is 5.88. The van der Waals surface area contributed by atoms with E-state index in [-0.39, 0.29) is 5.91 Å². The van der Waals surface area contributed by atoms with Gasteiger partial charge < -0.3 is 10.1 Å². The minimum Gasteiger partial charge on any atom is -0.383 e. The molecule has 0 heterocycles. The average Bonchev–Trinajstić information content (AvgIpc) is 2.01. The maximum atomic E-state index is 10.8. The van der Waals surface area contributed by atoms with E-state index in [1.165, 1.54) is 0 Å². The van der Waals surface area contributed by atoms with Gasteiger partial charge in [0, 0.05) is 26.5 Å². The summed E-state index contributed by atoms with van der Waals surface area (Å²) in [5.41, 5.74) is 0. The molecule has 0 aliphatic carbocycles. The largest absolute Gasteiger partial charge is 0.383 e. The number of ether oxygens (including phenoxy) is 1. The van der Waals surface area contributed by atoms with E-state index in [1.54, 1.807) is 7.11 Å². The fourth-order valence-electron chi connectivity index (χ4n) is 0.567. The fraction of sp³-hybridized carbons (Fsp3) is 0.625. The van der Waals surface area contributed by atoms with Crippen LogP contribution in [0, 0.1) is 12.3 Å². The molecule has 0 spiro atoms. The van der Waals surface area contributed by atoms with Crippen LogP contribution >= 0.6 is 0 Å². The normalized spacial score (nSPS) is 8.73. The van der Waals surface area contributed by atoms with Gasteiger partial charge in [-0.05, 0) is 0 Å². The molecule has 0 rings (SSSR count). The molecule has 62 valence electrons. The van der Waals surface area contributed by atoms with Crippen LogP contribution in [0.25, 0.3) is 0 Å². The first kappa shape index (κ1) is 9.99. The van der Waals surface area contributed by atoms with Crippen molar-refractivity contribution in [2.45, 2.75) is 12.8 Å². The zero-order valence-electron chi connectivity index (χ0n) is 6.72. The molecule has 0 atom stereocenters. The Bertz CT molecular complexity index is 149. The van der Waals surface area contributed by atoms with Crippen LogP contribution in [0.4, 0.5) is 0 Å². The third-order valence-electron chi connectivity index (χ3n) is 1.12. The van der Waals surface area contributed by atoms with Crippen molar-refractivity contribution in [3.05, 3.63) is 0 Å². The number of rotatable bonds is 5. The molecular formula is C8H13NO2. The quantitative estimate of drug-likeness (QED) is 0.454. The standard InChI is InChI=1S/C8H13NO2/c1-3-4-5-8(10)9-6-7-11-2/h1H,4-7H2,2H3,(H,9,10). The smallest absolute Gasteiger partial charge is 0.221 e. The van der Waals surface area contributed by atoms with E-state index in [2.05, 4.69) is 11.2 Å². The summed E-state index contributed by atoms with van der Waals surface area (Å²) in [5, 5.41) is 2.66. The highest BCUT2D eigenvalue weighted by Gasteiger charge is 1.96. The van der Waals surface area contributed by atoms with E-state index in [9.17, 15) is 4.79 Å². The summed E-state index contributed by atoms with van der Waals surface area (Å²) < 4.78 is 4.74. The van der Waals surface area contributed by atoms with Gasteiger partial charge >= 0.3 is 0 Å². The van der Waals surface area contributed by atoms with Crippen molar-refractivity contribution >= 4 is 5.91 Å². The number of hydrogen-bond acceptors (Lipinski definition) is 2. The Hall–Kier alpha value is -1.01. The van der Waals surface area contributed by atoms with Crippen LogP contribution in [-0.2, 0) is 9.53 Å². The molecule has 3 nitrogen and oxygen atoms in total. The molecule has 1 N–H and O–H groups in total. The molecular weight excluding hydrogens is 142 g/mol. The molecule has 0 aromatic rings. The Balaban J connectivity index is 3.17. The summed E-state index contributed by atoms with van der Waals surface area (Å²) >= 11 is 0. The second-order valence-corrected chi connectivity index (χ2v) is 2.05. The van der Waals surface area contributed by atoms with Crippen LogP contribution in [0.15, 0.2) is 0 Å². The Morgan fingerprint density at radius 3 is 3.00 bits per heavy atom. The number of carbonyl (C=O) groups excluding carboxylic acids is 1. The van der Waals surface area contributed by atoms with Crippen molar-refractivity contribution in [1.29, 1.82) is 0 Å². The summed E-state index contributed by atoms with van der Waals surface area (Å²) in [6, 6.07) is 0. The lowest BCUT2D eigenvalue weighted by Crippen LogP contribution is -2.26. The van der Waals surface area contributed by atoms with Crippen molar-refractivity contribution in [1.82, 2.24) is 5.32 Å². The van der Waals surface area contributed by atoms with Crippen LogP contribution in [0.2, 0.25) is 0 Å². The second kappa shape index (κ2) is 7.10. The van der Waals surface area contributed by atoms with Crippen LogP contribution < -0.4 is 5.32 Å². The average molecular weight is 155 g/mol. The Morgan fingerprint density at radius 1 is 1.73 bits per heavy atom. The van der Waals surface area contributed by atoms with Crippen molar-refractivity contribution in [2.24, 2.45) is 0 Å². The second-order valence-electron chi connectivity index (χ2n) is 2.05. The highest BCUT2D eigenvalue weighted by molar-refractivity contribution is 5.76. The topological polar surface area (TPSA) is 38.3 Å². The number of methoxy groups -OCH3 is 1. The van der Waals surface area contributed by atoms with Crippen molar-refractivity contribution < 1.29 is 9.53 Å². The lowest BCUT2D eigenvalue weighted by molar-refractivity contribution is -0.121. The van der Waals surface area contributed by atoms with Gasteiger partial charge in [-0.2, -0.15) is 0 Å². The SMILES string of the molecule is C#CCCC(=O)NCCOC. The molecule has 0 aromatic heterocycles. The monoisotopic (exact) mass is 155 g/mol. The number of terminal acetylenes is 1. The first-order valence-electron chi connectivity index (χ1n) is 3.50. The van der Waals surface area contributed by atoms with Gasteiger partial charge in [-0.15, -0.1) is 12.3 Å². The molecule has 0 radical (unpaired) electrons. The Labute approximate surface area is 67.1 Å². The number of carbonyl (C=O) groups is 1. The van der Waals surface area contributed by atoms with Gasteiger partial charge in [0.05, 0.1) is 6.61 Å². The zero-order valence-corrected chi connectivity index (χ0v) is 6.72. The van der Waals surface area contributed by atoms with Gasteiger partial charge in [0.2, 0.25) is 5.91 Å². The van der Waals surface area contributed by atoms with Crippen molar-refractivity contribution in [2.75, 3.05) is 20.3 Å². The predicted octanol–water partition coefficient (Wildman–Crippen LogP) is 0.162. The lowest BCUT2D eigenvalue weighted by Gasteiger charge is -2.01. The summed E-state index contributed by atoms with van der Waals surface area (Å²) in [5.74, 6) is 2.38. The molecule has 0 saturated heterocycles. The molecule has 0 aliphatic heterocycles. The van der Waals surface area contributed by atoms with Crippen LogP contribution in [0.5, 0.6) is 0 Å². The lowest BCUT2D eigenvalue weighted by atomic mass is 10.3. The molecule has 0 aliphatic rings. The van der Waals surface area contributed by atoms with E-state index in [4.69, 9.17) is 11.2 Å². The van der Waals surface area contributed by atoms with Gasteiger partial charge in [0.25, 0.3) is 0 Å². The van der Waals surface area contributed by atoms with Crippen LogP contribution in [-0.4, -0.2) is 26.2 Å². The molecule has 11 heavy (non-hydrogen) atoms. The van der Waals surface area contributed by atoms with E-state index >= 15 is 0 Å². The van der Waals surface area contributed by atoms with Gasteiger partial charge in [-0.1, -0.05) is 0 Å². The van der Waals surface area contributed by atoms with E-state index in [0.29, 0.717) is 26.0 Å². The maximum Gasteiger partial charge on any atom is 0.221 e. The molecule has 0 unspecified atom stereocenters. The summed E-state index contributed by atoms with van der Waals surface area (Å²) in [4.78, 5) is 10.8. The van der Waals surface area contributed by atoms with E-state index in [0.717, 1.165) is 0 Å². The van der Waals surface area contributed by atoms with Crippen LogP contribution in [0.3, 0.4) is 0 Å². The highest BCUT2D eigenvalue weighted by Crippen LogP contribution is 1.84. The molecule has 3 heteroatoms. The van der Waals surface area contributed by atoms with Gasteiger partial charge in [0.1, 0.15) is 0 Å². The molecule has 0 saturated carbocycles. The number of amides is 1. The minimum absolute atomic E-state index is 0.0139. The molecule has 0 aromatic carbocycles. The van der Waals surface area contributed by atoms with Crippen LogP contribution in [0.1, 0.15) is 12.8 Å². The maximum absolute atomic E-state index is 10.8. The zero-order chi connectivity index (χ0) is 8.53. The molecule has 0 fully saturated rings. The Morgan fingerprint density at radius 2 is 2.45 bits per heavy atom. The Kier molecular flexibility index (Phi) is 6.45. The van der Waals surface area contributed by atoms with E-state index in [1.807, 2.05) is 0 Å². The van der Waals surface area contributed by atoms with Gasteiger partial charge in [-0.25, -0.2) is 0 Å². The number of hydrogen-bond donors (Lipinski definition) is 1.